The highest BCUT2D eigenvalue weighted by atomic mass is 16.5. The standard InChI is InChI=1S/C23H22N2O2/c1-27-17-10-12-18-15(14-17)9-11-19-21(18)25(16-6-3-2-4-7-16)23-20(22(19)26)8-5-13-24-23/h2-4,6-7,10,12,14,24H,5,8-9,11,13H2,1H3. The van der Waals surface area contributed by atoms with Gasteiger partial charge in [0, 0.05) is 28.9 Å². The van der Waals surface area contributed by atoms with Gasteiger partial charge in [0.25, 0.3) is 0 Å². The zero-order valence-corrected chi connectivity index (χ0v) is 15.4. The molecule has 0 radical (unpaired) electrons. The van der Waals surface area contributed by atoms with Crippen molar-refractivity contribution in [2.24, 2.45) is 0 Å². The van der Waals surface area contributed by atoms with Crippen LogP contribution in [0.3, 0.4) is 0 Å². The van der Waals surface area contributed by atoms with Crippen LogP contribution >= 0.6 is 0 Å². The number of anilines is 1. The van der Waals surface area contributed by atoms with E-state index >= 15 is 0 Å². The fourth-order valence-electron chi connectivity index (χ4n) is 4.41. The first-order valence-corrected chi connectivity index (χ1v) is 9.55. The van der Waals surface area contributed by atoms with Crippen molar-refractivity contribution in [1.29, 1.82) is 0 Å². The van der Waals surface area contributed by atoms with E-state index in [4.69, 9.17) is 4.74 Å². The number of hydrogen-bond acceptors (Lipinski definition) is 3. The lowest BCUT2D eigenvalue weighted by Crippen LogP contribution is -2.30. The number of fused-ring (bicyclic) bond motifs is 4. The molecule has 1 N–H and O–H groups in total. The third kappa shape index (κ3) is 2.47. The molecule has 136 valence electrons. The van der Waals surface area contributed by atoms with Gasteiger partial charge in [-0.3, -0.25) is 9.36 Å². The van der Waals surface area contributed by atoms with Gasteiger partial charge in [-0.15, -0.1) is 0 Å². The maximum absolute atomic E-state index is 13.3. The molecule has 1 aliphatic heterocycles. The minimum absolute atomic E-state index is 0.223. The van der Waals surface area contributed by atoms with Gasteiger partial charge in [-0.1, -0.05) is 18.2 Å². The van der Waals surface area contributed by atoms with Crippen LogP contribution in [0, 0.1) is 0 Å². The van der Waals surface area contributed by atoms with Crippen LogP contribution in [-0.2, 0) is 19.3 Å². The Hall–Kier alpha value is -3.01. The van der Waals surface area contributed by atoms with Gasteiger partial charge < -0.3 is 10.1 Å². The lowest BCUT2D eigenvalue weighted by Gasteiger charge is -2.30. The fourth-order valence-corrected chi connectivity index (χ4v) is 4.41. The van der Waals surface area contributed by atoms with Gasteiger partial charge in [0.05, 0.1) is 12.8 Å². The Balaban J connectivity index is 1.88. The van der Waals surface area contributed by atoms with E-state index in [9.17, 15) is 4.79 Å². The van der Waals surface area contributed by atoms with Gasteiger partial charge in [0.2, 0.25) is 0 Å². The van der Waals surface area contributed by atoms with Crippen molar-refractivity contribution in [3.8, 4) is 22.7 Å². The molecule has 0 atom stereocenters. The Bertz CT molecular complexity index is 1080. The van der Waals surface area contributed by atoms with Crippen LogP contribution < -0.4 is 15.5 Å². The average Bonchev–Trinajstić information content (AvgIpc) is 2.74. The zero-order chi connectivity index (χ0) is 18.4. The molecule has 4 nitrogen and oxygen atoms in total. The van der Waals surface area contributed by atoms with E-state index in [1.54, 1.807) is 7.11 Å². The lowest BCUT2D eigenvalue weighted by molar-refractivity contribution is 0.414. The maximum Gasteiger partial charge on any atom is 0.190 e. The molecule has 0 spiro atoms. The molecule has 5 rings (SSSR count). The summed E-state index contributed by atoms with van der Waals surface area (Å²) >= 11 is 0. The number of aryl methyl sites for hydroxylation is 1. The number of aromatic nitrogens is 1. The Morgan fingerprint density at radius 1 is 1.00 bits per heavy atom. The van der Waals surface area contributed by atoms with Crippen LogP contribution in [0.5, 0.6) is 5.75 Å². The minimum atomic E-state index is 0.223. The number of nitrogens with one attached hydrogen (secondary N) is 1. The molecule has 0 saturated carbocycles. The Labute approximate surface area is 158 Å². The van der Waals surface area contributed by atoms with Gasteiger partial charge >= 0.3 is 0 Å². The molecule has 0 saturated heterocycles. The van der Waals surface area contributed by atoms with E-state index in [-0.39, 0.29) is 5.43 Å². The normalized spacial score (nSPS) is 14.6. The van der Waals surface area contributed by atoms with Gasteiger partial charge in [-0.25, -0.2) is 0 Å². The molecule has 3 aromatic rings. The highest BCUT2D eigenvalue weighted by Crippen LogP contribution is 2.39. The van der Waals surface area contributed by atoms with Crippen molar-refractivity contribution in [1.82, 2.24) is 4.57 Å². The quantitative estimate of drug-likeness (QED) is 0.754. The van der Waals surface area contributed by atoms with Crippen LogP contribution in [0.4, 0.5) is 5.82 Å². The molecule has 2 aromatic carbocycles. The number of ether oxygens (including phenoxy) is 1. The second-order valence-electron chi connectivity index (χ2n) is 7.21. The second kappa shape index (κ2) is 6.31. The predicted octanol–water partition coefficient (Wildman–Crippen LogP) is 3.97. The second-order valence-corrected chi connectivity index (χ2v) is 7.21. The number of nitrogens with zero attached hydrogens (tertiary/aromatic N) is 1. The molecule has 0 bridgehead atoms. The summed E-state index contributed by atoms with van der Waals surface area (Å²) < 4.78 is 7.68. The fraction of sp³-hybridized carbons (Fsp3) is 0.261. The summed E-state index contributed by atoms with van der Waals surface area (Å²) in [5, 5.41) is 3.51. The van der Waals surface area contributed by atoms with E-state index in [1.807, 2.05) is 24.3 Å². The van der Waals surface area contributed by atoms with Gasteiger partial charge in [0.1, 0.15) is 11.6 Å². The van der Waals surface area contributed by atoms with Crippen LogP contribution in [0.25, 0.3) is 16.9 Å². The molecule has 2 aliphatic rings. The van der Waals surface area contributed by atoms with Crippen molar-refractivity contribution < 1.29 is 4.74 Å². The van der Waals surface area contributed by atoms with Crippen molar-refractivity contribution in [3.63, 3.8) is 0 Å². The predicted molar refractivity (Wildman–Crippen MR) is 108 cm³/mol. The maximum atomic E-state index is 13.3. The summed E-state index contributed by atoms with van der Waals surface area (Å²) in [5.41, 5.74) is 6.59. The van der Waals surface area contributed by atoms with Crippen molar-refractivity contribution >= 4 is 5.82 Å². The minimum Gasteiger partial charge on any atom is -0.497 e. The smallest absolute Gasteiger partial charge is 0.190 e. The molecule has 4 heteroatoms. The first-order valence-electron chi connectivity index (χ1n) is 9.55. The van der Waals surface area contributed by atoms with Crippen LogP contribution in [-0.4, -0.2) is 18.2 Å². The van der Waals surface area contributed by atoms with Gasteiger partial charge in [0.15, 0.2) is 5.43 Å². The van der Waals surface area contributed by atoms with Gasteiger partial charge in [-0.2, -0.15) is 0 Å². The largest absolute Gasteiger partial charge is 0.497 e. The van der Waals surface area contributed by atoms with E-state index in [1.165, 1.54) is 5.56 Å². The van der Waals surface area contributed by atoms with Crippen molar-refractivity contribution in [2.45, 2.75) is 25.7 Å². The van der Waals surface area contributed by atoms with E-state index < -0.39 is 0 Å². The summed E-state index contributed by atoms with van der Waals surface area (Å²) in [7, 11) is 1.69. The number of rotatable bonds is 2. The Morgan fingerprint density at radius 3 is 2.67 bits per heavy atom. The number of para-hydroxylation sites is 1. The van der Waals surface area contributed by atoms with E-state index in [0.717, 1.165) is 71.9 Å². The first-order chi connectivity index (χ1) is 13.3. The zero-order valence-electron chi connectivity index (χ0n) is 15.4. The van der Waals surface area contributed by atoms with Gasteiger partial charge in [-0.05, 0) is 61.6 Å². The summed E-state index contributed by atoms with van der Waals surface area (Å²) in [6.45, 7) is 0.896. The van der Waals surface area contributed by atoms with E-state index in [2.05, 4.69) is 34.1 Å². The highest BCUT2D eigenvalue weighted by Gasteiger charge is 2.28. The third-order valence-electron chi connectivity index (χ3n) is 5.69. The molecule has 1 aromatic heterocycles. The molecular formula is C23H22N2O2. The number of pyridine rings is 1. The molecule has 0 amide bonds. The molecule has 2 heterocycles. The number of hydrogen-bond donors (Lipinski definition) is 1. The van der Waals surface area contributed by atoms with Crippen LogP contribution in [0.2, 0.25) is 0 Å². The topological polar surface area (TPSA) is 43.3 Å². The monoisotopic (exact) mass is 358 g/mol. The number of methoxy groups -OCH3 is 1. The third-order valence-corrected chi connectivity index (χ3v) is 5.69. The molecular weight excluding hydrogens is 336 g/mol. The summed E-state index contributed by atoms with van der Waals surface area (Å²) in [4.78, 5) is 13.3. The molecule has 27 heavy (non-hydrogen) atoms. The number of benzene rings is 2. The first kappa shape index (κ1) is 16.2. The van der Waals surface area contributed by atoms with Crippen LogP contribution in [0.15, 0.2) is 53.3 Å². The van der Waals surface area contributed by atoms with Crippen LogP contribution in [0.1, 0.15) is 23.1 Å². The molecule has 0 fully saturated rings. The van der Waals surface area contributed by atoms with E-state index in [0.29, 0.717) is 0 Å². The summed E-state index contributed by atoms with van der Waals surface area (Å²) in [5.74, 6) is 1.82. The van der Waals surface area contributed by atoms with Crippen molar-refractivity contribution in [2.75, 3.05) is 19.0 Å². The Kier molecular flexibility index (Phi) is 3.78. The average molecular weight is 358 g/mol. The summed E-state index contributed by atoms with van der Waals surface area (Å²) in [6.07, 6.45) is 3.49. The summed E-state index contributed by atoms with van der Waals surface area (Å²) in [6, 6.07) is 16.5. The SMILES string of the molecule is COc1ccc2c(c1)CCc1c-2n(-c2ccccc2)c2c(c1=O)CCCN2. The highest BCUT2D eigenvalue weighted by molar-refractivity contribution is 5.76. The molecule has 1 aliphatic carbocycles. The lowest BCUT2D eigenvalue weighted by atomic mass is 9.86. The van der Waals surface area contributed by atoms with Crippen molar-refractivity contribution in [3.05, 3.63) is 75.4 Å². The Morgan fingerprint density at radius 2 is 1.85 bits per heavy atom. The molecule has 0 unspecified atom stereocenters.